The van der Waals surface area contributed by atoms with Crippen LogP contribution in [0.3, 0.4) is 0 Å². The lowest BCUT2D eigenvalue weighted by Gasteiger charge is -2.06. The number of ether oxygens (including phenoxy) is 2. The predicted molar refractivity (Wildman–Crippen MR) is 101 cm³/mol. The maximum absolute atomic E-state index is 12.1. The van der Waals surface area contributed by atoms with E-state index in [1.165, 1.54) is 13.2 Å². The number of carbonyl (C=O) groups is 1. The molecular weight excluding hydrogens is 399 g/mol. The highest BCUT2D eigenvalue weighted by atomic mass is 35.5. The van der Waals surface area contributed by atoms with Gasteiger partial charge in [0.05, 0.1) is 27.7 Å². The summed E-state index contributed by atoms with van der Waals surface area (Å²) in [4.78, 5) is 12.1. The first-order valence-electron chi connectivity index (χ1n) is 7.53. The van der Waals surface area contributed by atoms with E-state index in [2.05, 4.69) is 0 Å². The summed E-state index contributed by atoms with van der Waals surface area (Å²) in [6, 6.07) is 13.4. The average molecular weight is 412 g/mol. The molecular formula is C19H13Cl3O4. The van der Waals surface area contributed by atoms with Crippen LogP contribution < -0.4 is 4.74 Å². The van der Waals surface area contributed by atoms with Crippen LogP contribution >= 0.6 is 34.8 Å². The second-order valence-electron chi connectivity index (χ2n) is 5.29. The van der Waals surface area contributed by atoms with Gasteiger partial charge in [0.15, 0.2) is 0 Å². The Morgan fingerprint density at radius 1 is 1.04 bits per heavy atom. The lowest BCUT2D eigenvalue weighted by molar-refractivity contribution is 0.0446. The number of hydrogen-bond donors (Lipinski definition) is 0. The topological polar surface area (TPSA) is 48.7 Å². The molecule has 0 radical (unpaired) electrons. The Hall–Kier alpha value is -2.14. The summed E-state index contributed by atoms with van der Waals surface area (Å²) in [5.41, 5.74) is 0.985. The van der Waals surface area contributed by atoms with Crippen molar-refractivity contribution in [3.63, 3.8) is 0 Å². The maximum atomic E-state index is 12.1. The molecule has 0 spiro atoms. The summed E-state index contributed by atoms with van der Waals surface area (Å²) in [6.45, 7) is -0.0271. The lowest BCUT2D eigenvalue weighted by Crippen LogP contribution is -2.05. The minimum Gasteiger partial charge on any atom is -0.495 e. The molecule has 0 aliphatic heterocycles. The molecule has 3 aromatic rings. The number of halogens is 3. The number of benzene rings is 2. The van der Waals surface area contributed by atoms with E-state index in [0.717, 1.165) is 0 Å². The predicted octanol–water partition coefficient (Wildman–Crippen LogP) is 6.27. The van der Waals surface area contributed by atoms with Crippen molar-refractivity contribution in [3.05, 3.63) is 74.9 Å². The third kappa shape index (κ3) is 3.98. The molecule has 0 saturated carbocycles. The van der Waals surface area contributed by atoms with Gasteiger partial charge in [0, 0.05) is 5.56 Å². The standard InChI is InChI=1S/C19H13Cl3O4/c1-24-17-7-5-11(9-15(17)21)19(23)25-10-12-6-8-16(26-12)13-3-2-4-14(20)18(13)22/h2-9H,10H2,1H3. The zero-order chi connectivity index (χ0) is 18.7. The van der Waals surface area contributed by atoms with Gasteiger partial charge in [-0.1, -0.05) is 40.9 Å². The minimum atomic E-state index is -0.520. The Bertz CT molecular complexity index is 950. The van der Waals surface area contributed by atoms with Gasteiger partial charge in [-0.05, 0) is 42.5 Å². The fraction of sp³-hybridized carbons (Fsp3) is 0.105. The summed E-state index contributed by atoms with van der Waals surface area (Å²) >= 11 is 18.2. The van der Waals surface area contributed by atoms with Crippen LogP contribution in [0.5, 0.6) is 5.75 Å². The molecule has 0 aliphatic rings. The van der Waals surface area contributed by atoms with Gasteiger partial charge >= 0.3 is 5.97 Å². The van der Waals surface area contributed by atoms with E-state index in [4.69, 9.17) is 48.7 Å². The van der Waals surface area contributed by atoms with Crippen molar-refractivity contribution in [2.24, 2.45) is 0 Å². The summed E-state index contributed by atoms with van der Waals surface area (Å²) in [5.74, 6) is 0.977. The van der Waals surface area contributed by atoms with Gasteiger partial charge in [-0.3, -0.25) is 0 Å². The van der Waals surface area contributed by atoms with Crippen LogP contribution in [0.4, 0.5) is 0 Å². The van der Waals surface area contributed by atoms with Crippen LogP contribution in [-0.2, 0) is 11.3 Å². The van der Waals surface area contributed by atoms with Crippen molar-refractivity contribution in [2.75, 3.05) is 7.11 Å². The van der Waals surface area contributed by atoms with E-state index in [0.29, 0.717) is 43.5 Å². The number of rotatable bonds is 5. The van der Waals surface area contributed by atoms with Crippen molar-refractivity contribution in [1.29, 1.82) is 0 Å². The van der Waals surface area contributed by atoms with Crippen molar-refractivity contribution >= 4 is 40.8 Å². The smallest absolute Gasteiger partial charge is 0.338 e. The second-order valence-corrected chi connectivity index (χ2v) is 6.49. The van der Waals surface area contributed by atoms with E-state index >= 15 is 0 Å². The van der Waals surface area contributed by atoms with Crippen molar-refractivity contribution < 1.29 is 18.7 Å². The fourth-order valence-electron chi connectivity index (χ4n) is 2.31. The maximum Gasteiger partial charge on any atom is 0.338 e. The Kier molecular flexibility index (Phi) is 5.77. The molecule has 0 amide bonds. The zero-order valence-corrected chi connectivity index (χ0v) is 15.9. The first kappa shape index (κ1) is 18.6. The van der Waals surface area contributed by atoms with Crippen LogP contribution in [-0.4, -0.2) is 13.1 Å². The first-order chi connectivity index (χ1) is 12.5. The molecule has 0 aliphatic carbocycles. The quantitative estimate of drug-likeness (QED) is 0.464. The molecule has 0 atom stereocenters. The third-order valence-corrected chi connectivity index (χ3v) is 4.73. The van der Waals surface area contributed by atoms with Crippen LogP contribution in [0.15, 0.2) is 52.9 Å². The normalized spacial score (nSPS) is 10.6. The van der Waals surface area contributed by atoms with Gasteiger partial charge in [0.2, 0.25) is 0 Å². The highest BCUT2D eigenvalue weighted by Crippen LogP contribution is 2.34. The Morgan fingerprint density at radius 3 is 2.58 bits per heavy atom. The molecule has 0 fully saturated rings. The van der Waals surface area contributed by atoms with E-state index in [1.54, 1.807) is 42.5 Å². The van der Waals surface area contributed by atoms with Gasteiger partial charge in [0.1, 0.15) is 23.9 Å². The fourth-order valence-corrected chi connectivity index (χ4v) is 2.96. The van der Waals surface area contributed by atoms with Crippen molar-refractivity contribution in [1.82, 2.24) is 0 Å². The highest BCUT2D eigenvalue weighted by Gasteiger charge is 2.14. The molecule has 0 N–H and O–H groups in total. The largest absolute Gasteiger partial charge is 0.495 e. The van der Waals surface area contributed by atoms with Gasteiger partial charge in [0.25, 0.3) is 0 Å². The number of furan rings is 1. The number of carbonyl (C=O) groups excluding carboxylic acids is 1. The van der Waals surface area contributed by atoms with E-state index in [9.17, 15) is 4.79 Å². The molecule has 4 nitrogen and oxygen atoms in total. The Labute approximate surface area is 165 Å². The van der Waals surface area contributed by atoms with E-state index in [-0.39, 0.29) is 6.61 Å². The highest BCUT2D eigenvalue weighted by molar-refractivity contribution is 6.43. The minimum absolute atomic E-state index is 0.0271. The van der Waals surface area contributed by atoms with Crippen LogP contribution in [0.1, 0.15) is 16.1 Å². The Balaban J connectivity index is 1.69. The van der Waals surface area contributed by atoms with Crippen LogP contribution in [0.25, 0.3) is 11.3 Å². The van der Waals surface area contributed by atoms with Crippen molar-refractivity contribution in [2.45, 2.75) is 6.61 Å². The molecule has 0 saturated heterocycles. The van der Waals surface area contributed by atoms with Gasteiger partial charge in [-0.15, -0.1) is 0 Å². The summed E-state index contributed by atoms with van der Waals surface area (Å²) in [6.07, 6.45) is 0. The Morgan fingerprint density at radius 2 is 1.85 bits per heavy atom. The average Bonchev–Trinajstić information content (AvgIpc) is 3.10. The first-order valence-corrected chi connectivity index (χ1v) is 8.66. The molecule has 1 heterocycles. The molecule has 26 heavy (non-hydrogen) atoms. The molecule has 134 valence electrons. The molecule has 2 aromatic carbocycles. The molecule has 3 rings (SSSR count). The summed E-state index contributed by atoms with van der Waals surface area (Å²) in [5, 5.41) is 1.17. The van der Waals surface area contributed by atoms with Crippen LogP contribution in [0, 0.1) is 0 Å². The monoisotopic (exact) mass is 410 g/mol. The summed E-state index contributed by atoms with van der Waals surface area (Å²) in [7, 11) is 1.50. The number of esters is 1. The van der Waals surface area contributed by atoms with E-state index in [1.807, 2.05) is 0 Å². The number of methoxy groups -OCH3 is 1. The second kappa shape index (κ2) is 8.04. The third-order valence-electron chi connectivity index (χ3n) is 3.61. The molecule has 0 bridgehead atoms. The van der Waals surface area contributed by atoms with E-state index < -0.39 is 5.97 Å². The molecule has 7 heteroatoms. The number of hydrogen-bond acceptors (Lipinski definition) is 4. The van der Waals surface area contributed by atoms with Crippen molar-refractivity contribution in [3.8, 4) is 17.1 Å². The van der Waals surface area contributed by atoms with Gasteiger partial charge in [-0.2, -0.15) is 0 Å². The zero-order valence-electron chi connectivity index (χ0n) is 13.6. The lowest BCUT2D eigenvalue weighted by atomic mass is 10.2. The van der Waals surface area contributed by atoms with Gasteiger partial charge in [-0.25, -0.2) is 4.79 Å². The van der Waals surface area contributed by atoms with Gasteiger partial charge < -0.3 is 13.9 Å². The van der Waals surface area contributed by atoms with Crippen LogP contribution in [0.2, 0.25) is 15.1 Å². The molecule has 1 aromatic heterocycles. The summed E-state index contributed by atoms with van der Waals surface area (Å²) < 4.78 is 16.0. The molecule has 0 unspecified atom stereocenters. The SMILES string of the molecule is COc1ccc(C(=O)OCc2ccc(-c3cccc(Cl)c3Cl)o2)cc1Cl.